The molecule has 5 aliphatic rings. The van der Waals surface area contributed by atoms with Gasteiger partial charge in [0.1, 0.15) is 26.2 Å². The average Bonchev–Trinajstić information content (AvgIpc) is 3.92. The van der Waals surface area contributed by atoms with Crippen molar-refractivity contribution in [1.29, 1.82) is 0 Å². The van der Waals surface area contributed by atoms with Crippen molar-refractivity contribution in [3.05, 3.63) is 0 Å². The molecule has 5 fully saturated rings. The molecule has 0 bridgehead atoms. The van der Waals surface area contributed by atoms with E-state index in [-0.39, 0.29) is 70.0 Å². The number of hydrogen-bond acceptors (Lipinski definition) is 8. The Kier molecular flexibility index (Phi) is 18.2. The lowest BCUT2D eigenvalue weighted by atomic mass is 9.86. The molecule has 10 atom stereocenters. The highest BCUT2D eigenvalue weighted by molar-refractivity contribution is 7.91. The number of rotatable bonds is 25. The molecule has 0 aromatic rings. The van der Waals surface area contributed by atoms with Gasteiger partial charge in [-0.2, -0.15) is 16.8 Å². The van der Waals surface area contributed by atoms with Gasteiger partial charge in [-0.1, -0.05) is 34.1 Å². The summed E-state index contributed by atoms with van der Waals surface area (Å²) in [7, 11) is -14.9. The maximum Gasteiger partial charge on any atom is 0.265 e. The lowest BCUT2D eigenvalue weighted by molar-refractivity contribution is -1.02. The van der Waals surface area contributed by atoms with Gasteiger partial charge in [-0.05, 0) is 52.4 Å². The monoisotopic (exact) mass is 975 g/mol. The minimum atomic E-state index is -4.10. The van der Waals surface area contributed by atoms with Crippen LogP contribution in [0, 0.1) is 47.3 Å². The first-order chi connectivity index (χ1) is 29.4. The topological polar surface area (TPSA) is 177 Å². The molecule has 5 rings (SSSR count). The van der Waals surface area contributed by atoms with Crippen molar-refractivity contribution in [2.24, 2.45) is 47.3 Å². The van der Waals surface area contributed by atoms with Gasteiger partial charge in [0.05, 0.1) is 107 Å². The van der Waals surface area contributed by atoms with Crippen molar-refractivity contribution in [3.63, 3.8) is 0 Å². The van der Waals surface area contributed by atoms with Gasteiger partial charge < -0.3 is 17.9 Å². The Hall–Kier alpha value is -0.440. The first kappa shape index (κ1) is 53.5. The Labute approximate surface area is 384 Å². The summed E-state index contributed by atoms with van der Waals surface area (Å²) in [5.41, 5.74) is 0. The van der Waals surface area contributed by atoms with Crippen LogP contribution in [0.15, 0.2) is 0 Å². The first-order valence-corrected chi connectivity index (χ1v) is 32.0. The van der Waals surface area contributed by atoms with E-state index in [4.69, 9.17) is 0 Å². The number of nitrogens with zero attached hydrogens (tertiary/aromatic N) is 4. The second-order valence-electron chi connectivity index (χ2n) is 22.0. The number of likely N-dealkylation sites (tertiary alicyclic amines) is 2. The van der Waals surface area contributed by atoms with Crippen LogP contribution in [-0.2, 0) is 39.9 Å². The molecular weight excluding hydrogens is 885 g/mol. The highest BCUT2D eigenvalue weighted by Crippen LogP contribution is 2.43. The highest BCUT2D eigenvalue weighted by atomic mass is 32.2. The van der Waals surface area contributed by atoms with E-state index in [0.29, 0.717) is 54.4 Å². The van der Waals surface area contributed by atoms with Gasteiger partial charge in [0.15, 0.2) is 19.7 Å². The molecule has 63 heavy (non-hydrogen) atoms. The van der Waals surface area contributed by atoms with Gasteiger partial charge in [0.2, 0.25) is 0 Å². The van der Waals surface area contributed by atoms with Crippen LogP contribution in [0.25, 0.3) is 0 Å². The second-order valence-corrected chi connectivity index (χ2v) is 29.6. The van der Waals surface area contributed by atoms with Crippen LogP contribution in [0.3, 0.4) is 0 Å². The summed E-state index contributed by atoms with van der Waals surface area (Å²) in [6, 6.07) is 0. The number of piperazine rings is 1. The van der Waals surface area contributed by atoms with E-state index in [1.165, 1.54) is 30.4 Å². The van der Waals surface area contributed by atoms with Crippen LogP contribution in [0.5, 0.6) is 0 Å². The summed E-state index contributed by atoms with van der Waals surface area (Å²) in [4.78, 5) is 0. The molecule has 5 heterocycles. The zero-order valence-electron chi connectivity index (χ0n) is 40.1. The SMILES string of the molecule is CCCC1C[N+](CC)(CCCS(=O)(=O)O)CC1CS(=O)(=O)CC1C[N+]2(CC[N+]3(CC2)CC(CC)C(CC)C3)CC1CCC1C[N+](CC)(CCCS(=O)(=O)O)CC1CS(=O)(=O)CCC. The third-order valence-electron chi connectivity index (χ3n) is 17.7. The highest BCUT2D eigenvalue weighted by Gasteiger charge is 2.55. The Morgan fingerprint density at radius 3 is 1.14 bits per heavy atom. The normalized spacial score (nSPS) is 37.8. The van der Waals surface area contributed by atoms with Crippen molar-refractivity contribution in [1.82, 2.24) is 0 Å². The Bertz CT molecular complexity index is 1930. The van der Waals surface area contributed by atoms with Crippen LogP contribution in [0.4, 0.5) is 0 Å². The number of hydrogen-bond donors (Lipinski definition) is 2. The molecular formula is C45H90N4O10S4+4. The number of sulfone groups is 2. The summed E-state index contributed by atoms with van der Waals surface area (Å²) in [5, 5.41) is 0. The largest absolute Gasteiger partial charge is 0.323 e. The molecule has 0 saturated carbocycles. The molecule has 0 aromatic heterocycles. The Morgan fingerprint density at radius 2 is 0.762 bits per heavy atom. The molecule has 370 valence electrons. The summed E-state index contributed by atoms with van der Waals surface area (Å²) in [5.74, 6) is 2.07. The molecule has 0 aliphatic carbocycles. The maximum absolute atomic E-state index is 14.7. The molecule has 14 nitrogen and oxygen atoms in total. The fraction of sp³-hybridized carbons (Fsp3) is 1.00. The van der Waals surface area contributed by atoms with E-state index in [1.54, 1.807) is 0 Å². The van der Waals surface area contributed by atoms with Crippen molar-refractivity contribution in [3.8, 4) is 0 Å². The third-order valence-corrected chi connectivity index (χ3v) is 23.1. The predicted octanol–water partition coefficient (Wildman–Crippen LogP) is 4.49. The average molecular weight is 976 g/mol. The van der Waals surface area contributed by atoms with Crippen LogP contribution < -0.4 is 0 Å². The van der Waals surface area contributed by atoms with Crippen molar-refractivity contribution < 1.29 is 60.7 Å². The zero-order valence-corrected chi connectivity index (χ0v) is 43.4. The fourth-order valence-electron chi connectivity index (χ4n) is 14.3. The Morgan fingerprint density at radius 1 is 0.413 bits per heavy atom. The first-order valence-electron chi connectivity index (χ1n) is 25.1. The molecule has 5 aliphatic heterocycles. The molecule has 10 unspecified atom stereocenters. The van der Waals surface area contributed by atoms with Crippen molar-refractivity contribution in [2.45, 2.75) is 99.3 Å². The minimum Gasteiger partial charge on any atom is -0.323 e. The van der Waals surface area contributed by atoms with Crippen LogP contribution in [-0.4, -0.2) is 200 Å². The Balaban J connectivity index is 1.36. The van der Waals surface area contributed by atoms with Gasteiger partial charge in [-0.25, -0.2) is 16.8 Å². The summed E-state index contributed by atoms with van der Waals surface area (Å²) >= 11 is 0. The van der Waals surface area contributed by atoms with Crippen LogP contribution >= 0.6 is 0 Å². The molecule has 0 radical (unpaired) electrons. The molecule has 5 saturated heterocycles. The fourth-order valence-corrected chi connectivity index (χ4v) is 19.3. The van der Waals surface area contributed by atoms with E-state index in [1.807, 2.05) is 6.92 Å². The van der Waals surface area contributed by atoms with Gasteiger partial charge in [0.25, 0.3) is 20.2 Å². The molecule has 2 N–H and O–H groups in total. The lowest BCUT2D eigenvalue weighted by Crippen LogP contribution is -2.65. The molecule has 0 aromatic carbocycles. The van der Waals surface area contributed by atoms with E-state index in [0.717, 1.165) is 107 Å². The van der Waals surface area contributed by atoms with Crippen molar-refractivity contribution >= 4 is 39.9 Å². The van der Waals surface area contributed by atoms with E-state index >= 15 is 0 Å². The second kappa shape index (κ2) is 21.5. The quantitative estimate of drug-likeness (QED) is 0.0980. The summed E-state index contributed by atoms with van der Waals surface area (Å²) in [6.45, 7) is 27.4. The maximum atomic E-state index is 14.7. The standard InChI is InChI=1S/C45H88N4O10S4/c1-7-15-40-29-46(11-5,18-13-25-62(54,55)56)33-44(40)36-61(52,53)37-45-34-49(22-20-48(21-23-49)27-38(9-3)39(10-4)28-48)31-42(45)17-16-41-30-47(12-6,19-14-26-63(57,58)59)32-43(41)35-60(50,51)24-8-2/h38-45H,7-37H2,1-6H3/q+2/p+2. The summed E-state index contributed by atoms with van der Waals surface area (Å²) in [6.07, 6.45) is 7.25. The van der Waals surface area contributed by atoms with E-state index in [2.05, 4.69) is 34.6 Å². The van der Waals surface area contributed by atoms with Gasteiger partial charge in [-0.3, -0.25) is 9.11 Å². The predicted molar refractivity (Wildman–Crippen MR) is 253 cm³/mol. The van der Waals surface area contributed by atoms with Crippen LogP contribution in [0.2, 0.25) is 0 Å². The number of quaternary nitrogens is 4. The van der Waals surface area contributed by atoms with Gasteiger partial charge >= 0.3 is 0 Å². The van der Waals surface area contributed by atoms with Gasteiger partial charge in [-0.15, -0.1) is 0 Å². The van der Waals surface area contributed by atoms with Crippen molar-refractivity contribution in [2.75, 3.05) is 139 Å². The zero-order chi connectivity index (χ0) is 46.5. The van der Waals surface area contributed by atoms with Gasteiger partial charge in [0, 0.05) is 65.9 Å². The molecule has 18 heteroatoms. The molecule has 2 spiro atoms. The summed E-state index contributed by atoms with van der Waals surface area (Å²) < 4.78 is 125. The smallest absolute Gasteiger partial charge is 0.265 e. The lowest BCUT2D eigenvalue weighted by Gasteiger charge is -2.47. The van der Waals surface area contributed by atoms with Crippen LogP contribution in [0.1, 0.15) is 99.3 Å². The van der Waals surface area contributed by atoms with E-state index < -0.39 is 39.9 Å². The minimum absolute atomic E-state index is 0.00115. The third kappa shape index (κ3) is 14.5. The molecule has 0 amide bonds. The van der Waals surface area contributed by atoms with E-state index in [9.17, 15) is 42.8 Å².